The van der Waals surface area contributed by atoms with Crippen LogP contribution in [-0.4, -0.2) is 49.4 Å². The van der Waals surface area contributed by atoms with Gasteiger partial charge in [-0.3, -0.25) is 9.59 Å². The minimum absolute atomic E-state index is 0.0149. The molecular weight excluding hydrogens is 429 g/mol. The highest BCUT2D eigenvalue weighted by atomic mass is 19.1. The molecule has 5 nitrogen and oxygen atoms in total. The summed E-state index contributed by atoms with van der Waals surface area (Å²) in [4.78, 5) is 26.0. The number of amides is 2. The first-order valence-electron chi connectivity index (χ1n) is 12.6. The number of hydrogen-bond donors (Lipinski definition) is 2. The molecule has 0 unspecified atom stereocenters. The molecule has 2 N–H and O–H groups in total. The number of carbonyl (C=O) groups is 2. The van der Waals surface area contributed by atoms with Gasteiger partial charge in [0.2, 0.25) is 6.41 Å². The van der Waals surface area contributed by atoms with Crippen LogP contribution in [0.15, 0.2) is 48.5 Å². The largest absolute Gasteiger partial charge is 0.358 e. The Kier molecular flexibility index (Phi) is 8.33. The van der Waals surface area contributed by atoms with Crippen molar-refractivity contribution in [3.05, 3.63) is 71.0 Å². The van der Waals surface area contributed by atoms with Crippen molar-refractivity contribution in [3.63, 3.8) is 0 Å². The van der Waals surface area contributed by atoms with E-state index in [9.17, 15) is 14.0 Å². The molecule has 2 aromatic rings. The number of hydrogen-bond acceptors (Lipinski definition) is 3. The van der Waals surface area contributed by atoms with E-state index in [2.05, 4.69) is 34.6 Å². The third kappa shape index (κ3) is 6.23. The van der Waals surface area contributed by atoms with Crippen molar-refractivity contribution >= 4 is 12.3 Å². The lowest BCUT2D eigenvalue weighted by Gasteiger charge is -2.37. The first-order valence-corrected chi connectivity index (χ1v) is 12.6. The molecule has 2 fully saturated rings. The van der Waals surface area contributed by atoms with Crippen LogP contribution in [0, 0.1) is 11.7 Å². The molecule has 0 spiro atoms. The van der Waals surface area contributed by atoms with Crippen molar-refractivity contribution in [2.24, 2.45) is 5.92 Å². The summed E-state index contributed by atoms with van der Waals surface area (Å²) in [7, 11) is 0. The third-order valence-electron chi connectivity index (χ3n) is 7.58. The lowest BCUT2D eigenvalue weighted by Crippen LogP contribution is -2.45. The molecule has 0 bridgehead atoms. The van der Waals surface area contributed by atoms with Gasteiger partial charge in [0, 0.05) is 30.6 Å². The van der Waals surface area contributed by atoms with Crippen molar-refractivity contribution in [1.82, 2.24) is 15.5 Å². The third-order valence-corrected chi connectivity index (χ3v) is 7.58. The predicted octanol–water partition coefficient (Wildman–Crippen LogP) is 4.45. The molecule has 34 heavy (non-hydrogen) atoms. The van der Waals surface area contributed by atoms with E-state index >= 15 is 0 Å². The topological polar surface area (TPSA) is 61.4 Å². The lowest BCUT2D eigenvalue weighted by atomic mass is 9.80. The molecule has 1 saturated carbocycles. The van der Waals surface area contributed by atoms with E-state index in [1.165, 1.54) is 37.0 Å². The van der Waals surface area contributed by atoms with Crippen LogP contribution < -0.4 is 10.6 Å². The maximum absolute atomic E-state index is 13.4. The van der Waals surface area contributed by atoms with Crippen LogP contribution >= 0.6 is 0 Å². The fraction of sp³-hybridized carbons (Fsp3) is 0.500. The maximum atomic E-state index is 13.4. The highest BCUT2D eigenvalue weighted by molar-refractivity contribution is 5.94. The normalized spacial score (nSPS) is 19.1. The Labute approximate surface area is 202 Å². The molecule has 2 atom stereocenters. The molecule has 182 valence electrons. The van der Waals surface area contributed by atoms with Crippen LogP contribution in [0.5, 0.6) is 0 Å². The number of rotatable bonds is 10. The molecule has 2 amide bonds. The highest BCUT2D eigenvalue weighted by Gasteiger charge is 2.28. The summed E-state index contributed by atoms with van der Waals surface area (Å²) in [6.07, 6.45) is 6.58. The van der Waals surface area contributed by atoms with Crippen molar-refractivity contribution < 1.29 is 14.0 Å². The highest BCUT2D eigenvalue weighted by Crippen LogP contribution is 2.36. The fourth-order valence-electron chi connectivity index (χ4n) is 5.37. The van der Waals surface area contributed by atoms with E-state index in [0.717, 1.165) is 50.0 Å². The van der Waals surface area contributed by atoms with Gasteiger partial charge < -0.3 is 15.5 Å². The Balaban J connectivity index is 1.25. The summed E-state index contributed by atoms with van der Waals surface area (Å²) in [5.41, 5.74) is 3.14. The Hall–Kier alpha value is -2.73. The Morgan fingerprint density at radius 3 is 2.32 bits per heavy atom. The smallest absolute Gasteiger partial charge is 0.251 e. The van der Waals surface area contributed by atoms with E-state index in [1.807, 2.05) is 24.3 Å². The Bertz CT molecular complexity index is 935. The number of likely N-dealkylation sites (tertiary alicyclic amines) is 1. The number of piperidine rings is 1. The summed E-state index contributed by atoms with van der Waals surface area (Å²) in [6, 6.07) is 14.8. The second-order valence-corrected chi connectivity index (χ2v) is 9.95. The Morgan fingerprint density at radius 2 is 1.74 bits per heavy atom. The van der Waals surface area contributed by atoms with Gasteiger partial charge >= 0.3 is 0 Å². The molecule has 0 aromatic heterocycles. The van der Waals surface area contributed by atoms with Crippen LogP contribution in [0.4, 0.5) is 4.39 Å². The predicted molar refractivity (Wildman–Crippen MR) is 132 cm³/mol. The molecule has 0 radical (unpaired) electrons. The number of carbonyl (C=O) groups excluding carboxylic acids is 2. The second-order valence-electron chi connectivity index (χ2n) is 9.95. The van der Waals surface area contributed by atoms with Gasteiger partial charge in [0.15, 0.2) is 0 Å². The zero-order chi connectivity index (χ0) is 23.9. The standard InChI is InChI=1S/C28H36FN3O2/c1-20(31-28(34)25-7-5-22(6-8-25)21-3-2-4-21)18-32-15-13-24(14-16-32)27(17-30-19-33)23-9-11-26(29)12-10-23/h5-12,19-21,24,27H,2-4,13-18H2,1H3,(H,30,33)(H,31,34)/t20-,27+/m0/s1. The van der Waals surface area contributed by atoms with Crippen molar-refractivity contribution in [2.75, 3.05) is 26.2 Å². The average molecular weight is 466 g/mol. The molecule has 2 aromatic carbocycles. The zero-order valence-electron chi connectivity index (χ0n) is 20.0. The van der Waals surface area contributed by atoms with E-state index < -0.39 is 0 Å². The molecule has 2 aliphatic rings. The van der Waals surface area contributed by atoms with Crippen molar-refractivity contribution in [3.8, 4) is 0 Å². The van der Waals surface area contributed by atoms with Gasteiger partial charge in [0.05, 0.1) is 0 Å². The maximum Gasteiger partial charge on any atom is 0.251 e. The van der Waals surface area contributed by atoms with Gasteiger partial charge in [-0.1, -0.05) is 30.7 Å². The van der Waals surface area contributed by atoms with Crippen molar-refractivity contribution in [2.45, 2.75) is 56.9 Å². The minimum Gasteiger partial charge on any atom is -0.358 e. The SMILES string of the molecule is C[C@@H](CN1CCC([C@H](CNC=O)c2ccc(F)cc2)CC1)NC(=O)c1ccc(C2CCC2)cc1. The summed E-state index contributed by atoms with van der Waals surface area (Å²) < 4.78 is 13.4. The van der Waals surface area contributed by atoms with E-state index in [-0.39, 0.29) is 23.7 Å². The fourth-order valence-corrected chi connectivity index (χ4v) is 5.37. The summed E-state index contributed by atoms with van der Waals surface area (Å²) in [5, 5.41) is 5.97. The number of halogens is 1. The van der Waals surface area contributed by atoms with Crippen LogP contribution in [-0.2, 0) is 4.79 Å². The molecule has 1 aliphatic heterocycles. The van der Waals surface area contributed by atoms with E-state index in [1.54, 1.807) is 0 Å². The minimum atomic E-state index is -0.244. The van der Waals surface area contributed by atoms with E-state index in [0.29, 0.717) is 18.4 Å². The molecule has 1 saturated heterocycles. The monoisotopic (exact) mass is 465 g/mol. The Morgan fingerprint density at radius 1 is 1.06 bits per heavy atom. The molecule has 4 rings (SSSR count). The molecule has 6 heteroatoms. The summed E-state index contributed by atoms with van der Waals surface area (Å²) in [5.74, 6) is 1.02. The number of benzene rings is 2. The van der Waals surface area contributed by atoms with Crippen LogP contribution in [0.1, 0.15) is 72.3 Å². The van der Waals surface area contributed by atoms with Gasteiger partial charge in [-0.2, -0.15) is 0 Å². The molecule has 1 heterocycles. The number of nitrogens with one attached hydrogen (secondary N) is 2. The first kappa shape index (κ1) is 24.4. The summed E-state index contributed by atoms with van der Waals surface area (Å²) >= 11 is 0. The molecule has 1 aliphatic carbocycles. The summed E-state index contributed by atoms with van der Waals surface area (Å²) in [6.45, 7) is 5.32. The zero-order valence-corrected chi connectivity index (χ0v) is 20.0. The van der Waals surface area contributed by atoms with Crippen molar-refractivity contribution in [1.29, 1.82) is 0 Å². The van der Waals surface area contributed by atoms with Crippen LogP contribution in [0.2, 0.25) is 0 Å². The first-order chi connectivity index (χ1) is 16.5. The van der Waals surface area contributed by atoms with Gasteiger partial charge in [-0.15, -0.1) is 0 Å². The number of nitrogens with zero attached hydrogens (tertiary/aromatic N) is 1. The van der Waals surface area contributed by atoms with Gasteiger partial charge in [0.1, 0.15) is 5.82 Å². The van der Waals surface area contributed by atoms with Gasteiger partial charge in [0.25, 0.3) is 5.91 Å². The van der Waals surface area contributed by atoms with Crippen LogP contribution in [0.25, 0.3) is 0 Å². The van der Waals surface area contributed by atoms with Gasteiger partial charge in [-0.05, 0) is 92.9 Å². The molecular formula is C28H36FN3O2. The quantitative estimate of drug-likeness (QED) is 0.510. The van der Waals surface area contributed by atoms with E-state index in [4.69, 9.17) is 0 Å². The lowest BCUT2D eigenvalue weighted by molar-refractivity contribution is -0.109. The average Bonchev–Trinajstić information content (AvgIpc) is 2.80. The van der Waals surface area contributed by atoms with Crippen LogP contribution in [0.3, 0.4) is 0 Å². The second kappa shape index (κ2) is 11.6. The van der Waals surface area contributed by atoms with Gasteiger partial charge in [-0.25, -0.2) is 4.39 Å².